The van der Waals surface area contributed by atoms with Gasteiger partial charge < -0.3 is 10.6 Å². The number of guanidine groups is 1. The summed E-state index contributed by atoms with van der Waals surface area (Å²) in [5, 5.41) is 7.11. The van der Waals surface area contributed by atoms with Gasteiger partial charge in [0.15, 0.2) is 5.96 Å². The van der Waals surface area contributed by atoms with Gasteiger partial charge >= 0.3 is 0 Å². The molecule has 1 aromatic rings. The summed E-state index contributed by atoms with van der Waals surface area (Å²) < 4.78 is 0. The number of aliphatic imine (C=N–C) groups is 1. The number of hydrogen-bond donors (Lipinski definition) is 2. The van der Waals surface area contributed by atoms with E-state index in [-0.39, 0.29) is 24.0 Å². The minimum atomic E-state index is 0. The fourth-order valence-electron chi connectivity index (χ4n) is 3.87. The van der Waals surface area contributed by atoms with Gasteiger partial charge in [-0.3, -0.25) is 9.89 Å². The summed E-state index contributed by atoms with van der Waals surface area (Å²) in [6.07, 6.45) is 6.43. The van der Waals surface area contributed by atoms with Gasteiger partial charge in [0.1, 0.15) is 0 Å². The van der Waals surface area contributed by atoms with Crippen LogP contribution < -0.4 is 10.6 Å². The normalized spacial score (nSPS) is 22.3. The molecule has 140 valence electrons. The van der Waals surface area contributed by atoms with Crippen LogP contribution in [0.15, 0.2) is 35.3 Å². The highest BCUT2D eigenvalue weighted by molar-refractivity contribution is 14.0. The first-order valence-corrected chi connectivity index (χ1v) is 9.47. The molecule has 5 heteroatoms. The lowest BCUT2D eigenvalue weighted by molar-refractivity contribution is 0.267. The van der Waals surface area contributed by atoms with E-state index in [9.17, 15) is 0 Å². The number of likely N-dealkylation sites (N-methyl/N-ethyl adjacent to an activating group) is 1. The molecular weight excluding hydrogens is 423 g/mol. The van der Waals surface area contributed by atoms with Gasteiger partial charge in [-0.1, -0.05) is 37.3 Å². The largest absolute Gasteiger partial charge is 0.356 e. The van der Waals surface area contributed by atoms with Crippen molar-refractivity contribution < 1.29 is 0 Å². The Bertz CT molecular complexity index is 542. The molecule has 1 atom stereocenters. The average molecular weight is 456 g/mol. The number of benzene rings is 1. The van der Waals surface area contributed by atoms with E-state index < -0.39 is 0 Å². The van der Waals surface area contributed by atoms with Crippen molar-refractivity contribution in [3.05, 3.63) is 35.9 Å². The van der Waals surface area contributed by atoms with E-state index >= 15 is 0 Å². The molecule has 1 aliphatic heterocycles. The fourth-order valence-corrected chi connectivity index (χ4v) is 3.87. The van der Waals surface area contributed by atoms with Crippen LogP contribution in [0, 0.1) is 5.41 Å². The third-order valence-electron chi connectivity index (χ3n) is 5.64. The number of rotatable bonds is 7. The van der Waals surface area contributed by atoms with Gasteiger partial charge in [0.2, 0.25) is 0 Å². The molecule has 0 amide bonds. The van der Waals surface area contributed by atoms with E-state index in [2.05, 4.69) is 57.8 Å². The van der Waals surface area contributed by atoms with Crippen LogP contribution in [0.3, 0.4) is 0 Å². The van der Waals surface area contributed by atoms with Crippen molar-refractivity contribution in [1.82, 2.24) is 15.5 Å². The quantitative estimate of drug-likeness (QED) is 0.376. The number of nitrogens with zero attached hydrogens (tertiary/aromatic N) is 2. The minimum Gasteiger partial charge on any atom is -0.356 e. The van der Waals surface area contributed by atoms with Crippen LogP contribution in [-0.4, -0.2) is 50.1 Å². The summed E-state index contributed by atoms with van der Waals surface area (Å²) in [5.41, 5.74) is 1.88. The molecule has 1 aliphatic carbocycles. The average Bonchev–Trinajstić information content (AvgIpc) is 3.22. The Kier molecular flexibility index (Phi) is 8.00. The topological polar surface area (TPSA) is 39.7 Å². The lowest BCUT2D eigenvalue weighted by Crippen LogP contribution is -2.46. The lowest BCUT2D eigenvalue weighted by Gasteiger charge is -2.24. The molecule has 3 rings (SSSR count). The highest BCUT2D eigenvalue weighted by Gasteiger charge is 2.42. The molecule has 2 aliphatic rings. The van der Waals surface area contributed by atoms with Gasteiger partial charge in [-0.25, -0.2) is 0 Å². The van der Waals surface area contributed by atoms with E-state index in [1.54, 1.807) is 0 Å². The zero-order valence-corrected chi connectivity index (χ0v) is 18.0. The molecule has 25 heavy (non-hydrogen) atoms. The Morgan fingerprint density at radius 2 is 2.00 bits per heavy atom. The van der Waals surface area contributed by atoms with Crippen LogP contribution in [0.25, 0.3) is 0 Å². The monoisotopic (exact) mass is 456 g/mol. The van der Waals surface area contributed by atoms with Gasteiger partial charge in [0.25, 0.3) is 0 Å². The Balaban J connectivity index is 0.00000225. The SMILES string of the molecule is CCN1CCCC1CNC(=NC)NCC1(Cc2ccccc2)CC1.I. The van der Waals surface area contributed by atoms with Gasteiger partial charge in [-0.15, -0.1) is 24.0 Å². The zero-order chi connectivity index (χ0) is 16.8. The van der Waals surface area contributed by atoms with Crippen LogP contribution in [-0.2, 0) is 6.42 Å². The van der Waals surface area contributed by atoms with E-state index in [0.717, 1.165) is 25.6 Å². The predicted octanol–water partition coefficient (Wildman–Crippen LogP) is 3.28. The van der Waals surface area contributed by atoms with Crippen LogP contribution in [0.1, 0.15) is 38.2 Å². The van der Waals surface area contributed by atoms with Crippen molar-refractivity contribution in [3.63, 3.8) is 0 Å². The van der Waals surface area contributed by atoms with E-state index in [1.807, 2.05) is 7.05 Å². The van der Waals surface area contributed by atoms with Crippen molar-refractivity contribution in [2.75, 3.05) is 33.2 Å². The zero-order valence-electron chi connectivity index (χ0n) is 15.6. The number of likely N-dealkylation sites (tertiary alicyclic amines) is 1. The van der Waals surface area contributed by atoms with E-state index in [4.69, 9.17) is 0 Å². The fraction of sp³-hybridized carbons (Fsp3) is 0.650. The Labute approximate surface area is 169 Å². The predicted molar refractivity (Wildman–Crippen MR) is 117 cm³/mol. The molecule has 2 fully saturated rings. The molecule has 1 heterocycles. The third-order valence-corrected chi connectivity index (χ3v) is 5.64. The second-order valence-corrected chi connectivity index (χ2v) is 7.39. The first-order valence-electron chi connectivity index (χ1n) is 9.47. The Morgan fingerprint density at radius 3 is 2.64 bits per heavy atom. The van der Waals surface area contributed by atoms with Crippen molar-refractivity contribution >= 4 is 29.9 Å². The Morgan fingerprint density at radius 1 is 1.24 bits per heavy atom. The first kappa shape index (κ1) is 20.5. The van der Waals surface area contributed by atoms with Gasteiger partial charge in [-0.2, -0.15) is 0 Å². The summed E-state index contributed by atoms with van der Waals surface area (Å²) in [5.74, 6) is 0.956. The minimum absolute atomic E-state index is 0. The van der Waals surface area contributed by atoms with Crippen molar-refractivity contribution in [1.29, 1.82) is 0 Å². The summed E-state index contributed by atoms with van der Waals surface area (Å²) in [7, 11) is 1.87. The number of halogens is 1. The van der Waals surface area contributed by atoms with Crippen LogP contribution >= 0.6 is 24.0 Å². The van der Waals surface area contributed by atoms with Crippen molar-refractivity contribution in [3.8, 4) is 0 Å². The summed E-state index contributed by atoms with van der Waals surface area (Å²) in [6.45, 7) is 6.67. The number of hydrogen-bond acceptors (Lipinski definition) is 2. The smallest absolute Gasteiger partial charge is 0.191 e. The third kappa shape index (κ3) is 5.84. The second kappa shape index (κ2) is 9.76. The molecule has 0 bridgehead atoms. The van der Waals surface area contributed by atoms with Crippen LogP contribution in [0.2, 0.25) is 0 Å². The molecule has 1 aromatic carbocycles. The molecule has 1 saturated carbocycles. The van der Waals surface area contributed by atoms with E-state index in [0.29, 0.717) is 11.5 Å². The molecule has 2 N–H and O–H groups in total. The lowest BCUT2D eigenvalue weighted by atomic mass is 9.96. The molecule has 4 nitrogen and oxygen atoms in total. The molecule has 0 spiro atoms. The van der Waals surface area contributed by atoms with Crippen molar-refractivity contribution in [2.24, 2.45) is 10.4 Å². The van der Waals surface area contributed by atoms with Gasteiger partial charge in [-0.05, 0) is 56.2 Å². The molecule has 0 radical (unpaired) electrons. The standard InChI is InChI=1S/C20H32N4.HI/c1-3-24-13-7-10-18(24)15-22-19(21-2)23-16-20(11-12-20)14-17-8-5-4-6-9-17;/h4-6,8-9,18H,3,7,10-16H2,1-2H3,(H2,21,22,23);1H. The first-order chi connectivity index (χ1) is 11.7. The van der Waals surface area contributed by atoms with Crippen molar-refractivity contribution in [2.45, 2.75) is 45.1 Å². The summed E-state index contributed by atoms with van der Waals surface area (Å²) >= 11 is 0. The van der Waals surface area contributed by atoms with Crippen LogP contribution in [0.5, 0.6) is 0 Å². The Hall–Kier alpha value is -0.820. The maximum absolute atomic E-state index is 4.41. The molecule has 0 aromatic heterocycles. The summed E-state index contributed by atoms with van der Waals surface area (Å²) in [4.78, 5) is 6.98. The molecule has 1 saturated heterocycles. The molecular formula is C20H33IN4. The van der Waals surface area contributed by atoms with E-state index in [1.165, 1.54) is 44.2 Å². The number of nitrogens with one attached hydrogen (secondary N) is 2. The molecule has 1 unspecified atom stereocenters. The van der Waals surface area contributed by atoms with Gasteiger partial charge in [0, 0.05) is 26.2 Å². The van der Waals surface area contributed by atoms with Crippen LogP contribution in [0.4, 0.5) is 0 Å². The highest BCUT2D eigenvalue weighted by Crippen LogP contribution is 2.47. The second-order valence-electron chi connectivity index (χ2n) is 7.39. The maximum Gasteiger partial charge on any atom is 0.191 e. The van der Waals surface area contributed by atoms with Gasteiger partial charge in [0.05, 0.1) is 0 Å². The maximum atomic E-state index is 4.41. The highest BCUT2D eigenvalue weighted by atomic mass is 127. The summed E-state index contributed by atoms with van der Waals surface area (Å²) in [6, 6.07) is 11.5.